The third-order valence-electron chi connectivity index (χ3n) is 4.18. The molecular weight excluding hydrogens is 346 g/mol. The zero-order valence-electron chi connectivity index (χ0n) is 14.6. The van der Waals surface area contributed by atoms with E-state index in [0.29, 0.717) is 24.1 Å². The zero-order valence-corrected chi connectivity index (χ0v) is 14.6. The summed E-state index contributed by atoms with van der Waals surface area (Å²) in [5.74, 6) is -2.32. The van der Waals surface area contributed by atoms with Gasteiger partial charge in [-0.25, -0.2) is 13.6 Å². The van der Waals surface area contributed by atoms with Crippen LogP contribution in [0.5, 0.6) is 0 Å². The Kier molecular flexibility index (Phi) is 6.68. The van der Waals surface area contributed by atoms with Crippen molar-refractivity contribution in [1.82, 2.24) is 10.6 Å². The number of methoxy groups -OCH3 is 1. The fraction of sp³-hybridized carbons (Fsp3) is 0.444. The third-order valence-corrected chi connectivity index (χ3v) is 4.18. The minimum Gasteiger partial charge on any atom is -0.466 e. The lowest BCUT2D eigenvalue weighted by Gasteiger charge is -2.28. The maximum atomic E-state index is 13.4. The normalized spacial score (nSPS) is 20.3. The molecule has 1 amide bonds. The molecule has 1 aliphatic rings. The van der Waals surface area contributed by atoms with Gasteiger partial charge in [-0.15, -0.1) is 0 Å². The fourth-order valence-corrected chi connectivity index (χ4v) is 3.05. The van der Waals surface area contributed by atoms with Crippen LogP contribution in [0.25, 0.3) is 0 Å². The molecule has 2 rings (SSSR count). The maximum Gasteiger partial charge on any atom is 0.332 e. The molecule has 0 spiro atoms. The molecule has 3 N–H and O–H groups in total. The van der Waals surface area contributed by atoms with Crippen molar-refractivity contribution in [2.75, 3.05) is 7.11 Å². The summed E-state index contributed by atoms with van der Waals surface area (Å²) >= 11 is 0. The van der Waals surface area contributed by atoms with Gasteiger partial charge in [0.15, 0.2) is 0 Å². The largest absolute Gasteiger partial charge is 0.466 e. The van der Waals surface area contributed by atoms with Gasteiger partial charge in [0.1, 0.15) is 11.6 Å². The first-order chi connectivity index (χ1) is 12.3. The van der Waals surface area contributed by atoms with Crippen LogP contribution >= 0.6 is 0 Å². The lowest BCUT2D eigenvalue weighted by atomic mass is 9.95. The lowest BCUT2D eigenvalue weighted by Crippen LogP contribution is -2.51. The van der Waals surface area contributed by atoms with Crippen LogP contribution in [0.1, 0.15) is 25.3 Å². The van der Waals surface area contributed by atoms with E-state index >= 15 is 0 Å². The molecule has 1 aliphatic heterocycles. The van der Waals surface area contributed by atoms with Gasteiger partial charge in [-0.3, -0.25) is 4.79 Å². The van der Waals surface area contributed by atoms with Crippen molar-refractivity contribution in [2.45, 2.75) is 44.4 Å². The smallest absolute Gasteiger partial charge is 0.332 e. The monoisotopic (exact) mass is 368 g/mol. The number of rotatable bonds is 6. The van der Waals surface area contributed by atoms with Crippen LogP contribution in [0.2, 0.25) is 0 Å². The highest BCUT2D eigenvalue weighted by molar-refractivity contribution is 5.82. The third kappa shape index (κ3) is 5.52. The topological polar surface area (TPSA) is 87.7 Å². The van der Waals surface area contributed by atoms with E-state index in [-0.39, 0.29) is 12.3 Å². The van der Waals surface area contributed by atoms with Gasteiger partial charge >= 0.3 is 5.97 Å². The fourth-order valence-electron chi connectivity index (χ4n) is 3.05. The number of hydrogen-bond donors (Lipinski definition) is 3. The number of amides is 1. The number of aliphatic hydroxyl groups excluding tert-OH is 1. The van der Waals surface area contributed by atoms with Crippen LogP contribution < -0.4 is 10.6 Å². The lowest BCUT2D eigenvalue weighted by molar-refractivity contribution is -0.134. The van der Waals surface area contributed by atoms with E-state index in [2.05, 4.69) is 15.4 Å². The van der Waals surface area contributed by atoms with Crippen molar-refractivity contribution in [2.24, 2.45) is 0 Å². The highest BCUT2D eigenvalue weighted by atomic mass is 19.1. The van der Waals surface area contributed by atoms with Crippen molar-refractivity contribution in [3.05, 3.63) is 47.2 Å². The van der Waals surface area contributed by atoms with E-state index in [1.807, 2.05) is 0 Å². The van der Waals surface area contributed by atoms with Gasteiger partial charge < -0.3 is 20.5 Å². The van der Waals surface area contributed by atoms with Crippen LogP contribution in [0.3, 0.4) is 0 Å². The summed E-state index contributed by atoms with van der Waals surface area (Å²) in [4.78, 5) is 22.8. The Balaban J connectivity index is 2.12. The van der Waals surface area contributed by atoms with Crippen LogP contribution in [-0.2, 0) is 20.7 Å². The molecule has 3 atom stereocenters. The molecule has 6 nitrogen and oxygen atoms in total. The predicted octanol–water partition coefficient (Wildman–Crippen LogP) is 1.18. The molecule has 1 fully saturated rings. The number of aliphatic hydroxyl groups is 1. The van der Waals surface area contributed by atoms with Gasteiger partial charge in [-0.1, -0.05) is 0 Å². The van der Waals surface area contributed by atoms with Crippen LogP contribution in [-0.4, -0.2) is 42.3 Å². The Morgan fingerprint density at radius 1 is 1.38 bits per heavy atom. The second-order valence-corrected chi connectivity index (χ2v) is 6.26. The number of halogens is 2. The van der Waals surface area contributed by atoms with E-state index in [1.54, 1.807) is 0 Å². The molecule has 0 aromatic heterocycles. The highest BCUT2D eigenvalue weighted by Gasteiger charge is 2.32. The number of esters is 1. The molecule has 0 bridgehead atoms. The number of nitrogens with one attached hydrogen (secondary N) is 2. The molecule has 1 saturated heterocycles. The molecule has 1 heterocycles. The number of carbonyl (C=O) groups is 2. The molecule has 1 aromatic carbocycles. The summed E-state index contributed by atoms with van der Waals surface area (Å²) < 4.78 is 31.4. The van der Waals surface area contributed by atoms with Gasteiger partial charge in [0, 0.05) is 24.8 Å². The molecule has 0 aliphatic carbocycles. The predicted molar refractivity (Wildman–Crippen MR) is 89.9 cm³/mol. The van der Waals surface area contributed by atoms with E-state index in [0.717, 1.165) is 18.2 Å². The Morgan fingerprint density at radius 2 is 2.04 bits per heavy atom. The Hall–Kier alpha value is -2.48. The summed E-state index contributed by atoms with van der Waals surface area (Å²) in [5, 5.41) is 16.3. The van der Waals surface area contributed by atoms with Gasteiger partial charge in [0.2, 0.25) is 5.91 Å². The number of benzene rings is 1. The number of hydrogen-bond acceptors (Lipinski definition) is 5. The summed E-state index contributed by atoms with van der Waals surface area (Å²) in [6, 6.07) is 1.92. The molecular formula is C18H22F2N2O4. The number of carbonyl (C=O) groups excluding carboxylic acids is 2. The van der Waals surface area contributed by atoms with Gasteiger partial charge in [0.05, 0.1) is 25.3 Å². The van der Waals surface area contributed by atoms with Crippen molar-refractivity contribution >= 4 is 11.9 Å². The van der Waals surface area contributed by atoms with Crippen LogP contribution in [0, 0.1) is 11.6 Å². The van der Waals surface area contributed by atoms with Crippen LogP contribution in [0.15, 0.2) is 30.0 Å². The summed E-state index contributed by atoms with van der Waals surface area (Å²) in [7, 11) is 1.27. The average Bonchev–Trinajstić information content (AvgIpc) is 3.00. The molecule has 0 radical (unpaired) electrons. The van der Waals surface area contributed by atoms with Gasteiger partial charge in [-0.2, -0.15) is 0 Å². The van der Waals surface area contributed by atoms with E-state index in [1.165, 1.54) is 20.1 Å². The summed E-state index contributed by atoms with van der Waals surface area (Å²) in [6.45, 7) is 1.30. The summed E-state index contributed by atoms with van der Waals surface area (Å²) in [6.07, 6.45) is 1.43. The zero-order chi connectivity index (χ0) is 19.3. The summed E-state index contributed by atoms with van der Waals surface area (Å²) in [5.41, 5.74) is 0.947. The Bertz CT molecular complexity index is 688. The minimum absolute atomic E-state index is 0.0592. The van der Waals surface area contributed by atoms with E-state index in [9.17, 15) is 23.5 Å². The molecule has 26 heavy (non-hydrogen) atoms. The van der Waals surface area contributed by atoms with Crippen molar-refractivity contribution < 1.29 is 28.2 Å². The first kappa shape index (κ1) is 19.8. The van der Waals surface area contributed by atoms with Crippen molar-refractivity contribution in [1.29, 1.82) is 0 Å². The number of ether oxygens (including phenoxy) is 1. The molecule has 0 saturated carbocycles. The minimum atomic E-state index is -1.02. The van der Waals surface area contributed by atoms with Crippen molar-refractivity contribution in [3.8, 4) is 0 Å². The Morgan fingerprint density at radius 3 is 2.62 bits per heavy atom. The first-order valence-electron chi connectivity index (χ1n) is 8.23. The maximum absolute atomic E-state index is 13.4. The average molecular weight is 368 g/mol. The van der Waals surface area contributed by atoms with Crippen LogP contribution in [0.4, 0.5) is 8.78 Å². The molecule has 8 heteroatoms. The highest BCUT2D eigenvalue weighted by Crippen LogP contribution is 2.21. The van der Waals surface area contributed by atoms with Gasteiger partial charge in [0.25, 0.3) is 0 Å². The number of allylic oxidation sites excluding steroid dienone is 1. The first-order valence-corrected chi connectivity index (χ1v) is 8.23. The molecule has 0 unspecified atom stereocenters. The van der Waals surface area contributed by atoms with E-state index in [4.69, 9.17) is 0 Å². The second-order valence-electron chi connectivity index (χ2n) is 6.26. The van der Waals surface area contributed by atoms with E-state index < -0.39 is 35.8 Å². The SMILES string of the molecule is COC(=O)/C=C1/CC[C@H]([C@@H](O)[C@H](Cc2cc(F)cc(F)c2)NC(C)=O)N1. The molecule has 1 aromatic rings. The Labute approximate surface area is 150 Å². The van der Waals surface area contributed by atoms with Crippen molar-refractivity contribution in [3.63, 3.8) is 0 Å². The standard InChI is InChI=1S/C18H22F2N2O4/c1-10(23)21-16(7-11-5-12(19)8-13(20)6-11)18(25)15-4-3-14(22-15)9-17(24)26-2/h5-6,8-9,15-16,18,22,25H,3-4,7H2,1-2H3,(H,21,23)/b14-9-/t15-,16+,18-/m1/s1. The molecule has 142 valence electrons. The quantitative estimate of drug-likeness (QED) is 0.519. The van der Waals surface area contributed by atoms with Gasteiger partial charge in [-0.05, 0) is 37.0 Å². The second kappa shape index (κ2) is 8.75.